The van der Waals surface area contributed by atoms with Gasteiger partial charge in [0.2, 0.25) is 0 Å². The topological polar surface area (TPSA) is 13.1 Å². The summed E-state index contributed by atoms with van der Waals surface area (Å²) in [5, 5.41) is 9.84. The highest BCUT2D eigenvalue weighted by molar-refractivity contribution is 6.16. The molecule has 14 rings (SSSR count). The molecule has 11 aromatic carbocycles. The first kappa shape index (κ1) is 41.5. The third-order valence-corrected chi connectivity index (χ3v) is 14.8. The van der Waals surface area contributed by atoms with Gasteiger partial charge in [-0.1, -0.05) is 183 Å². The number of allylic oxidation sites excluding steroid dienone is 4. The van der Waals surface area contributed by atoms with Crippen molar-refractivity contribution in [2.75, 3.05) is 11.4 Å². The molecule has 338 valence electrons. The Morgan fingerprint density at radius 2 is 0.875 bits per heavy atom. The molecule has 3 heterocycles. The minimum Gasteiger partial charge on any atom is -0.337 e. The number of anilines is 2. The van der Waals surface area contributed by atoms with E-state index in [0.717, 1.165) is 50.5 Å². The highest BCUT2D eigenvalue weighted by atomic mass is 15.1. The summed E-state index contributed by atoms with van der Waals surface area (Å²) in [6, 6.07) is 88.7. The quantitative estimate of drug-likeness (QED) is 0.152. The van der Waals surface area contributed by atoms with Gasteiger partial charge in [-0.2, -0.15) is 0 Å². The number of para-hydroxylation sites is 2. The largest absolute Gasteiger partial charge is 0.337 e. The van der Waals surface area contributed by atoms with Crippen LogP contribution in [-0.2, 0) is 0 Å². The van der Waals surface area contributed by atoms with Gasteiger partial charge in [0.25, 0.3) is 0 Å². The van der Waals surface area contributed by atoms with Crippen molar-refractivity contribution >= 4 is 87.7 Å². The zero-order valence-corrected chi connectivity index (χ0v) is 39.6. The van der Waals surface area contributed by atoms with Crippen molar-refractivity contribution in [1.82, 2.24) is 9.13 Å². The molecule has 0 N–H and O–H groups in total. The van der Waals surface area contributed by atoms with Crippen LogP contribution in [-0.4, -0.2) is 15.7 Å². The molecule has 0 unspecified atom stereocenters. The first-order valence-electron chi connectivity index (χ1n) is 24.8. The van der Waals surface area contributed by atoms with Crippen molar-refractivity contribution < 1.29 is 0 Å². The van der Waals surface area contributed by atoms with Crippen molar-refractivity contribution in [3.8, 4) is 33.6 Å². The molecule has 1 aliphatic rings. The molecule has 0 aliphatic carbocycles. The first-order chi connectivity index (χ1) is 35.6. The van der Waals surface area contributed by atoms with Crippen LogP contribution in [0.2, 0.25) is 0 Å². The predicted octanol–water partition coefficient (Wildman–Crippen LogP) is 18.3. The number of fused-ring (bicyclic) bond motifs is 10. The number of hydrogen-bond acceptors (Lipinski definition) is 1. The number of rotatable bonds is 6. The molecule has 13 aromatic rings. The van der Waals surface area contributed by atoms with Crippen molar-refractivity contribution in [2.45, 2.75) is 0 Å². The van der Waals surface area contributed by atoms with Crippen LogP contribution in [0, 0.1) is 0 Å². The smallest absolute Gasteiger partial charge is 0.0546 e. The molecule has 0 amide bonds. The second-order valence-electron chi connectivity index (χ2n) is 19.0. The van der Waals surface area contributed by atoms with Crippen LogP contribution in [0.15, 0.2) is 267 Å². The van der Waals surface area contributed by atoms with Crippen LogP contribution in [0.3, 0.4) is 0 Å². The molecule has 0 saturated heterocycles. The van der Waals surface area contributed by atoms with Gasteiger partial charge in [-0.25, -0.2) is 0 Å². The summed E-state index contributed by atoms with van der Waals surface area (Å²) in [6.45, 7) is 5.51. The van der Waals surface area contributed by atoms with E-state index in [4.69, 9.17) is 6.58 Å². The third-order valence-electron chi connectivity index (χ3n) is 14.8. The number of hydrogen-bond donors (Lipinski definition) is 0. The van der Waals surface area contributed by atoms with E-state index < -0.39 is 0 Å². The Bertz CT molecular complexity index is 4360. The second-order valence-corrected chi connectivity index (χ2v) is 19.0. The Morgan fingerprint density at radius 3 is 1.62 bits per heavy atom. The van der Waals surface area contributed by atoms with Crippen LogP contribution in [0.25, 0.3) is 110 Å². The third kappa shape index (κ3) is 6.81. The second kappa shape index (κ2) is 16.9. The fraction of sp³-hybridized carbons (Fsp3) is 0.0145. The Hall–Kier alpha value is -9.44. The molecular formula is C69H47N3. The number of aromatic nitrogens is 2. The van der Waals surface area contributed by atoms with Crippen molar-refractivity contribution in [1.29, 1.82) is 0 Å². The van der Waals surface area contributed by atoms with Gasteiger partial charge in [-0.05, 0) is 140 Å². The lowest BCUT2D eigenvalue weighted by atomic mass is 9.94. The summed E-state index contributed by atoms with van der Waals surface area (Å²) in [5.41, 5.74) is 18.3. The Kier molecular flexibility index (Phi) is 9.75. The monoisotopic (exact) mass is 917 g/mol. The summed E-state index contributed by atoms with van der Waals surface area (Å²) in [6.07, 6.45) is 6.80. The molecule has 0 atom stereocenters. The fourth-order valence-electron chi connectivity index (χ4n) is 11.4. The zero-order valence-electron chi connectivity index (χ0n) is 39.6. The van der Waals surface area contributed by atoms with Gasteiger partial charge < -0.3 is 14.0 Å². The molecule has 0 radical (unpaired) electrons. The zero-order chi connectivity index (χ0) is 47.7. The molecule has 2 aromatic heterocycles. The SMILES string of the molecule is C=C1/C=C(c2ccccc2)\C=C/CN(c2ccc3c(c2)c2ccccc2n3-c2ccccc2)c2ccc(-c3ccc4c(c3)c3cc(-c5ccccc5)ccc3n4-c3cc4ccccc4c4ccccc34)cc21. The number of benzene rings is 11. The molecule has 0 bridgehead atoms. The fourth-order valence-corrected chi connectivity index (χ4v) is 11.4. The van der Waals surface area contributed by atoms with E-state index >= 15 is 0 Å². The molecule has 0 fully saturated rings. The maximum atomic E-state index is 4.83. The summed E-state index contributed by atoms with van der Waals surface area (Å²) >= 11 is 0. The summed E-state index contributed by atoms with van der Waals surface area (Å²) in [5.74, 6) is 0. The van der Waals surface area contributed by atoms with Gasteiger partial charge in [-0.15, -0.1) is 0 Å². The molecule has 0 spiro atoms. The van der Waals surface area contributed by atoms with Crippen LogP contribution in [0.5, 0.6) is 0 Å². The van der Waals surface area contributed by atoms with Gasteiger partial charge in [0.15, 0.2) is 0 Å². The molecule has 3 nitrogen and oxygen atoms in total. The lowest BCUT2D eigenvalue weighted by Crippen LogP contribution is -2.18. The lowest BCUT2D eigenvalue weighted by molar-refractivity contribution is 1.09. The Labute approximate surface area is 418 Å². The molecule has 3 heteroatoms. The summed E-state index contributed by atoms with van der Waals surface area (Å²) < 4.78 is 4.87. The first-order valence-corrected chi connectivity index (χ1v) is 24.8. The standard InChI is InChI=1S/C69H47N3/c1-46-40-49(47-18-5-2-6-19-47)23-17-39-70(55-34-38-66-63(45-55)59-29-15-16-30-65(59)71(66)54-24-9-4-10-25-54)64-35-31-51(41-60(46)64)52-33-37-68-62(43-52)61-42-50(48-20-7-3-8-21-48)32-36-67(61)72(68)69-44-53-22-11-12-26-56(53)57-27-13-14-28-58(57)69/h2-38,40-45H,1,39H2/b23-17-,49-40+. The van der Waals surface area contributed by atoms with Gasteiger partial charge in [-0.3, -0.25) is 0 Å². The van der Waals surface area contributed by atoms with Gasteiger partial charge in [0, 0.05) is 56.1 Å². The average molecular weight is 918 g/mol. The van der Waals surface area contributed by atoms with E-state index in [0.29, 0.717) is 6.54 Å². The molecule has 72 heavy (non-hydrogen) atoms. The predicted molar refractivity (Wildman–Crippen MR) is 307 cm³/mol. The minimum atomic E-state index is 0.672. The van der Waals surface area contributed by atoms with Crippen LogP contribution < -0.4 is 4.90 Å². The normalized spacial score (nSPS) is 14.1. The van der Waals surface area contributed by atoms with E-state index in [1.54, 1.807) is 0 Å². The molecule has 0 saturated carbocycles. The Morgan fingerprint density at radius 1 is 0.333 bits per heavy atom. The summed E-state index contributed by atoms with van der Waals surface area (Å²) in [7, 11) is 0. The van der Waals surface area contributed by atoms with E-state index in [2.05, 4.69) is 275 Å². The maximum absolute atomic E-state index is 4.83. The summed E-state index contributed by atoms with van der Waals surface area (Å²) in [4.78, 5) is 2.45. The lowest BCUT2D eigenvalue weighted by Gasteiger charge is -2.27. The van der Waals surface area contributed by atoms with Crippen molar-refractivity contribution in [3.63, 3.8) is 0 Å². The van der Waals surface area contributed by atoms with E-state index in [1.807, 2.05) is 0 Å². The highest BCUT2D eigenvalue weighted by Crippen LogP contribution is 2.44. The van der Waals surface area contributed by atoms with Crippen LogP contribution >= 0.6 is 0 Å². The molecular weight excluding hydrogens is 871 g/mol. The van der Waals surface area contributed by atoms with Crippen LogP contribution in [0.4, 0.5) is 11.4 Å². The van der Waals surface area contributed by atoms with Gasteiger partial charge in [0.1, 0.15) is 0 Å². The number of nitrogens with zero attached hydrogens (tertiary/aromatic N) is 3. The van der Waals surface area contributed by atoms with E-state index in [9.17, 15) is 0 Å². The highest BCUT2D eigenvalue weighted by Gasteiger charge is 2.22. The minimum absolute atomic E-state index is 0.672. The van der Waals surface area contributed by atoms with Gasteiger partial charge in [0.05, 0.1) is 27.8 Å². The Balaban J connectivity index is 0.962. The van der Waals surface area contributed by atoms with E-state index in [-0.39, 0.29) is 0 Å². The van der Waals surface area contributed by atoms with Crippen molar-refractivity contribution in [2.24, 2.45) is 0 Å². The molecule has 1 aliphatic heterocycles. The van der Waals surface area contributed by atoms with E-state index in [1.165, 1.54) is 82.0 Å². The average Bonchev–Trinajstić information content (AvgIpc) is 3.97. The van der Waals surface area contributed by atoms with Crippen molar-refractivity contribution in [3.05, 3.63) is 279 Å². The maximum Gasteiger partial charge on any atom is 0.0546 e. The van der Waals surface area contributed by atoms with Crippen LogP contribution in [0.1, 0.15) is 11.1 Å². The van der Waals surface area contributed by atoms with Gasteiger partial charge >= 0.3 is 0 Å².